The smallest absolute Gasteiger partial charge is 0.0965 e. The van der Waals surface area contributed by atoms with Crippen molar-refractivity contribution in [2.45, 2.75) is 19.4 Å². The third kappa shape index (κ3) is 3.70. The van der Waals surface area contributed by atoms with Gasteiger partial charge in [0, 0.05) is 41.3 Å². The van der Waals surface area contributed by atoms with E-state index >= 15 is 0 Å². The zero-order valence-corrected chi connectivity index (χ0v) is 11.8. The van der Waals surface area contributed by atoms with Gasteiger partial charge in [-0.25, -0.2) is 4.98 Å². The third-order valence-electron chi connectivity index (χ3n) is 2.63. The van der Waals surface area contributed by atoms with Gasteiger partial charge in [0.15, 0.2) is 0 Å². The molecule has 18 heavy (non-hydrogen) atoms. The zero-order valence-electron chi connectivity index (χ0n) is 10.2. The maximum atomic E-state index is 5.96. The van der Waals surface area contributed by atoms with Crippen LogP contribution < -0.4 is 11.1 Å². The number of anilines is 1. The Morgan fingerprint density at radius 3 is 2.94 bits per heavy atom. The van der Waals surface area contributed by atoms with Crippen molar-refractivity contribution >= 4 is 28.6 Å². The van der Waals surface area contributed by atoms with E-state index < -0.39 is 0 Å². The highest BCUT2D eigenvalue weighted by atomic mass is 35.5. The van der Waals surface area contributed by atoms with E-state index in [9.17, 15) is 0 Å². The van der Waals surface area contributed by atoms with E-state index in [4.69, 9.17) is 17.3 Å². The first kappa shape index (κ1) is 13.3. The van der Waals surface area contributed by atoms with E-state index in [2.05, 4.69) is 17.2 Å². The van der Waals surface area contributed by atoms with Gasteiger partial charge in [-0.05, 0) is 23.8 Å². The SMILES string of the molecule is CC(CNCc1cc(N)cc(Cl)c1)c1nccs1. The molecule has 5 heteroatoms. The van der Waals surface area contributed by atoms with E-state index in [0.29, 0.717) is 16.6 Å². The summed E-state index contributed by atoms with van der Waals surface area (Å²) in [6.07, 6.45) is 1.84. The summed E-state index contributed by atoms with van der Waals surface area (Å²) in [4.78, 5) is 4.31. The molecule has 0 amide bonds. The lowest BCUT2D eigenvalue weighted by molar-refractivity contribution is 0.613. The summed E-state index contributed by atoms with van der Waals surface area (Å²) in [5.41, 5.74) is 7.55. The van der Waals surface area contributed by atoms with Gasteiger partial charge in [-0.15, -0.1) is 11.3 Å². The first-order valence-corrected chi connectivity index (χ1v) is 7.06. The Labute approximate surface area is 116 Å². The molecule has 0 saturated carbocycles. The van der Waals surface area contributed by atoms with Crippen molar-refractivity contribution < 1.29 is 0 Å². The summed E-state index contributed by atoms with van der Waals surface area (Å²) in [6, 6.07) is 5.62. The molecular weight excluding hydrogens is 266 g/mol. The molecule has 96 valence electrons. The first-order chi connectivity index (χ1) is 8.65. The largest absolute Gasteiger partial charge is 0.399 e. The van der Waals surface area contributed by atoms with Crippen LogP contribution in [0.1, 0.15) is 23.4 Å². The molecule has 2 rings (SSSR count). The van der Waals surface area contributed by atoms with E-state index in [1.54, 1.807) is 17.4 Å². The van der Waals surface area contributed by atoms with Gasteiger partial charge in [-0.2, -0.15) is 0 Å². The van der Waals surface area contributed by atoms with Crippen molar-refractivity contribution in [3.05, 3.63) is 45.4 Å². The molecule has 0 fully saturated rings. The summed E-state index contributed by atoms with van der Waals surface area (Å²) in [7, 11) is 0. The van der Waals surface area contributed by atoms with Crippen LogP contribution in [0.2, 0.25) is 5.02 Å². The van der Waals surface area contributed by atoms with Gasteiger partial charge in [-0.1, -0.05) is 18.5 Å². The van der Waals surface area contributed by atoms with Crippen LogP contribution in [0.4, 0.5) is 5.69 Å². The van der Waals surface area contributed by atoms with Crippen molar-refractivity contribution in [1.82, 2.24) is 10.3 Å². The summed E-state index contributed by atoms with van der Waals surface area (Å²) in [5, 5.41) is 7.24. The number of thiazole rings is 1. The topological polar surface area (TPSA) is 50.9 Å². The number of nitrogens with zero attached hydrogens (tertiary/aromatic N) is 1. The summed E-state index contributed by atoms with van der Waals surface area (Å²) < 4.78 is 0. The van der Waals surface area contributed by atoms with Crippen LogP contribution in [0.5, 0.6) is 0 Å². The van der Waals surface area contributed by atoms with Gasteiger partial charge < -0.3 is 11.1 Å². The molecule has 1 heterocycles. The number of benzene rings is 1. The fourth-order valence-corrected chi connectivity index (χ4v) is 2.74. The molecule has 1 aromatic heterocycles. The lowest BCUT2D eigenvalue weighted by Crippen LogP contribution is -2.19. The van der Waals surface area contributed by atoms with Gasteiger partial charge in [0.2, 0.25) is 0 Å². The Balaban J connectivity index is 1.85. The molecule has 3 nitrogen and oxygen atoms in total. The van der Waals surface area contributed by atoms with Crippen LogP contribution in [0, 0.1) is 0 Å². The van der Waals surface area contributed by atoms with Gasteiger partial charge in [0.05, 0.1) is 5.01 Å². The van der Waals surface area contributed by atoms with Gasteiger partial charge in [0.1, 0.15) is 0 Å². The monoisotopic (exact) mass is 281 g/mol. The van der Waals surface area contributed by atoms with Gasteiger partial charge >= 0.3 is 0 Å². The molecule has 3 N–H and O–H groups in total. The van der Waals surface area contributed by atoms with Gasteiger partial charge in [0.25, 0.3) is 0 Å². The van der Waals surface area contributed by atoms with Crippen LogP contribution in [0.3, 0.4) is 0 Å². The fourth-order valence-electron chi connectivity index (χ4n) is 1.78. The maximum absolute atomic E-state index is 5.96. The highest BCUT2D eigenvalue weighted by Gasteiger charge is 2.07. The van der Waals surface area contributed by atoms with Crippen LogP contribution in [-0.4, -0.2) is 11.5 Å². The molecule has 1 atom stereocenters. The number of nitrogens with two attached hydrogens (primary N) is 1. The second kappa shape index (κ2) is 6.18. The average Bonchev–Trinajstić information content (AvgIpc) is 2.80. The number of rotatable bonds is 5. The van der Waals surface area contributed by atoms with Crippen molar-refractivity contribution in [2.75, 3.05) is 12.3 Å². The van der Waals surface area contributed by atoms with Crippen molar-refractivity contribution in [1.29, 1.82) is 0 Å². The second-order valence-electron chi connectivity index (χ2n) is 4.30. The van der Waals surface area contributed by atoms with Gasteiger partial charge in [-0.3, -0.25) is 0 Å². The molecule has 1 unspecified atom stereocenters. The Morgan fingerprint density at radius 1 is 1.44 bits per heavy atom. The quantitative estimate of drug-likeness (QED) is 0.827. The van der Waals surface area contributed by atoms with Crippen molar-refractivity contribution in [3.63, 3.8) is 0 Å². The minimum atomic E-state index is 0.418. The molecule has 2 aromatic rings. The number of aromatic nitrogens is 1. The summed E-state index contributed by atoms with van der Waals surface area (Å²) >= 11 is 7.65. The lowest BCUT2D eigenvalue weighted by atomic mass is 10.1. The zero-order chi connectivity index (χ0) is 13.0. The van der Waals surface area contributed by atoms with E-state index in [-0.39, 0.29) is 0 Å². The van der Waals surface area contributed by atoms with Crippen LogP contribution >= 0.6 is 22.9 Å². The minimum Gasteiger partial charge on any atom is -0.399 e. The fraction of sp³-hybridized carbons (Fsp3) is 0.308. The number of nitrogen functional groups attached to an aromatic ring is 1. The van der Waals surface area contributed by atoms with Crippen LogP contribution in [-0.2, 0) is 6.54 Å². The van der Waals surface area contributed by atoms with Crippen LogP contribution in [0.25, 0.3) is 0 Å². The lowest BCUT2D eigenvalue weighted by Gasteiger charge is -2.10. The molecule has 0 spiro atoms. The Bertz CT molecular complexity index is 479. The number of halogens is 1. The molecular formula is C13H16ClN3S. The van der Waals surface area contributed by atoms with E-state index in [1.165, 1.54) is 0 Å². The summed E-state index contributed by atoms with van der Waals surface area (Å²) in [5.74, 6) is 0.418. The Kier molecular flexibility index (Phi) is 4.58. The first-order valence-electron chi connectivity index (χ1n) is 5.80. The Hall–Kier alpha value is -1.10. The standard InChI is InChI=1S/C13H16ClN3S/c1-9(13-17-2-3-18-13)7-16-8-10-4-11(14)6-12(15)5-10/h2-6,9,16H,7-8,15H2,1H3. The Morgan fingerprint density at radius 2 is 2.28 bits per heavy atom. The minimum absolute atomic E-state index is 0.418. The van der Waals surface area contributed by atoms with E-state index in [1.807, 2.05) is 23.7 Å². The molecule has 0 aliphatic rings. The molecule has 0 aliphatic heterocycles. The molecule has 1 aromatic carbocycles. The van der Waals surface area contributed by atoms with Crippen molar-refractivity contribution in [2.24, 2.45) is 0 Å². The van der Waals surface area contributed by atoms with Crippen LogP contribution in [0.15, 0.2) is 29.8 Å². The molecule has 0 bridgehead atoms. The second-order valence-corrected chi connectivity index (χ2v) is 5.66. The predicted octanol–water partition coefficient (Wildman–Crippen LogP) is 3.27. The molecule has 0 aliphatic carbocycles. The number of hydrogen-bond acceptors (Lipinski definition) is 4. The molecule has 0 saturated heterocycles. The third-order valence-corrected chi connectivity index (χ3v) is 3.86. The van der Waals surface area contributed by atoms with Crippen molar-refractivity contribution in [3.8, 4) is 0 Å². The average molecular weight is 282 g/mol. The number of nitrogens with one attached hydrogen (secondary N) is 1. The maximum Gasteiger partial charge on any atom is 0.0965 e. The highest BCUT2D eigenvalue weighted by molar-refractivity contribution is 7.09. The normalized spacial score (nSPS) is 12.6. The summed E-state index contributed by atoms with van der Waals surface area (Å²) in [6.45, 7) is 3.82. The molecule has 0 radical (unpaired) electrons. The number of hydrogen-bond donors (Lipinski definition) is 2. The van der Waals surface area contributed by atoms with E-state index in [0.717, 1.165) is 23.7 Å². The predicted molar refractivity (Wildman–Crippen MR) is 78.1 cm³/mol. The highest BCUT2D eigenvalue weighted by Crippen LogP contribution is 2.18.